The Morgan fingerprint density at radius 3 is 2.95 bits per heavy atom. The van der Waals surface area contributed by atoms with Crippen molar-refractivity contribution in [1.82, 2.24) is 9.97 Å². The summed E-state index contributed by atoms with van der Waals surface area (Å²) in [5.74, 6) is 0.609. The number of nitrogens with one attached hydrogen (secondary N) is 1. The predicted octanol–water partition coefficient (Wildman–Crippen LogP) is 1.43. The summed E-state index contributed by atoms with van der Waals surface area (Å²) in [5, 5.41) is 14.3. The van der Waals surface area contributed by atoms with E-state index in [1.54, 1.807) is 0 Å². The van der Waals surface area contributed by atoms with Crippen molar-refractivity contribution >= 4 is 17.3 Å². The molecular weight excluding hydrogens is 262 g/mol. The number of anilines is 2. The van der Waals surface area contributed by atoms with E-state index in [9.17, 15) is 10.1 Å². The second kappa shape index (κ2) is 6.00. The fourth-order valence-corrected chi connectivity index (χ4v) is 2.24. The molecule has 1 aromatic rings. The Bertz CT molecular complexity index is 496. The third-order valence-electron chi connectivity index (χ3n) is 3.21. The summed E-state index contributed by atoms with van der Waals surface area (Å²) in [7, 11) is 0. The molecule has 1 aromatic heterocycles. The van der Waals surface area contributed by atoms with Crippen molar-refractivity contribution in [2.24, 2.45) is 0 Å². The number of morpholine rings is 1. The highest BCUT2D eigenvalue weighted by atomic mass is 16.6. The number of hydrogen-bond donors (Lipinski definition) is 1. The van der Waals surface area contributed by atoms with Gasteiger partial charge in [-0.2, -0.15) is 0 Å². The fourth-order valence-electron chi connectivity index (χ4n) is 2.24. The number of hydrogen-bond acceptors (Lipinski definition) is 7. The molecule has 0 bridgehead atoms. The monoisotopic (exact) mass is 281 g/mol. The molecule has 0 aliphatic carbocycles. The van der Waals surface area contributed by atoms with E-state index in [2.05, 4.69) is 15.3 Å². The summed E-state index contributed by atoms with van der Waals surface area (Å²) in [6.07, 6.45) is 1.37. The van der Waals surface area contributed by atoms with Crippen LogP contribution >= 0.6 is 0 Å². The first-order valence-electron chi connectivity index (χ1n) is 6.66. The van der Waals surface area contributed by atoms with E-state index in [0.29, 0.717) is 25.5 Å². The van der Waals surface area contributed by atoms with Crippen molar-refractivity contribution in [3.63, 3.8) is 0 Å². The molecule has 0 spiro atoms. The lowest BCUT2D eigenvalue weighted by Gasteiger charge is -2.37. The Morgan fingerprint density at radius 2 is 2.30 bits per heavy atom. The standard InChI is InChI=1S/C12H19N5O3/c1-4-13-11-10(17(18)19)12(15-7-14-11)16-5-9(3)20-6-8(16)2/h7-9H,4-6H2,1-3H3,(H,13,14,15). The smallest absolute Gasteiger partial charge is 0.353 e. The predicted molar refractivity (Wildman–Crippen MR) is 75.1 cm³/mol. The van der Waals surface area contributed by atoms with Crippen molar-refractivity contribution in [3.05, 3.63) is 16.4 Å². The van der Waals surface area contributed by atoms with Gasteiger partial charge in [0.15, 0.2) is 0 Å². The maximum atomic E-state index is 11.4. The third kappa shape index (κ3) is 2.79. The molecule has 1 aliphatic rings. The van der Waals surface area contributed by atoms with Crippen molar-refractivity contribution in [3.8, 4) is 0 Å². The molecular formula is C12H19N5O3. The fraction of sp³-hybridized carbons (Fsp3) is 0.667. The SMILES string of the molecule is CCNc1ncnc(N2CC(C)OCC2C)c1[N+](=O)[O-]. The highest BCUT2D eigenvalue weighted by Crippen LogP contribution is 2.33. The molecule has 110 valence electrons. The topological polar surface area (TPSA) is 93.4 Å². The van der Waals surface area contributed by atoms with Crippen molar-refractivity contribution in [2.75, 3.05) is 29.9 Å². The summed E-state index contributed by atoms with van der Waals surface area (Å²) in [6, 6.07) is 0.0364. The molecule has 1 aliphatic heterocycles. The van der Waals surface area contributed by atoms with Crippen LogP contribution in [-0.4, -0.2) is 46.7 Å². The molecule has 1 fully saturated rings. The lowest BCUT2D eigenvalue weighted by Crippen LogP contribution is -2.48. The van der Waals surface area contributed by atoms with Crippen LogP contribution in [0.25, 0.3) is 0 Å². The lowest BCUT2D eigenvalue weighted by atomic mass is 10.2. The van der Waals surface area contributed by atoms with E-state index in [4.69, 9.17) is 4.74 Å². The van der Waals surface area contributed by atoms with Gasteiger partial charge in [0, 0.05) is 13.1 Å². The number of nitro groups is 1. The minimum atomic E-state index is -0.430. The summed E-state index contributed by atoms with van der Waals surface area (Å²) in [4.78, 5) is 21.0. The zero-order chi connectivity index (χ0) is 14.7. The van der Waals surface area contributed by atoms with Crippen LogP contribution in [0.3, 0.4) is 0 Å². The second-order valence-electron chi connectivity index (χ2n) is 4.83. The molecule has 0 saturated carbocycles. The Balaban J connectivity index is 2.44. The zero-order valence-corrected chi connectivity index (χ0v) is 11.9. The molecule has 1 saturated heterocycles. The van der Waals surface area contributed by atoms with Gasteiger partial charge in [0.05, 0.1) is 23.7 Å². The first-order chi connectivity index (χ1) is 9.54. The summed E-state index contributed by atoms with van der Waals surface area (Å²) < 4.78 is 5.55. The Kier molecular flexibility index (Phi) is 4.33. The zero-order valence-electron chi connectivity index (χ0n) is 11.9. The Labute approximate surface area is 117 Å². The van der Waals surface area contributed by atoms with E-state index >= 15 is 0 Å². The molecule has 0 aromatic carbocycles. The van der Waals surface area contributed by atoms with Gasteiger partial charge in [-0.1, -0.05) is 0 Å². The van der Waals surface area contributed by atoms with Crippen LogP contribution in [0.2, 0.25) is 0 Å². The van der Waals surface area contributed by atoms with Crippen molar-refractivity contribution in [1.29, 1.82) is 0 Å². The number of ether oxygens (including phenoxy) is 1. The van der Waals surface area contributed by atoms with E-state index in [-0.39, 0.29) is 23.7 Å². The van der Waals surface area contributed by atoms with E-state index in [1.807, 2.05) is 25.7 Å². The van der Waals surface area contributed by atoms with Gasteiger partial charge in [-0.25, -0.2) is 9.97 Å². The Hall–Kier alpha value is -1.96. The quantitative estimate of drug-likeness (QED) is 0.659. The van der Waals surface area contributed by atoms with Crippen LogP contribution < -0.4 is 10.2 Å². The molecule has 2 heterocycles. The molecule has 20 heavy (non-hydrogen) atoms. The van der Waals surface area contributed by atoms with Crippen LogP contribution in [0.4, 0.5) is 17.3 Å². The molecule has 8 nitrogen and oxygen atoms in total. The summed E-state index contributed by atoms with van der Waals surface area (Å²) in [6.45, 7) is 7.43. The van der Waals surface area contributed by atoms with Gasteiger partial charge in [0.25, 0.3) is 0 Å². The number of nitrogens with zero attached hydrogens (tertiary/aromatic N) is 4. The van der Waals surface area contributed by atoms with Crippen LogP contribution in [-0.2, 0) is 4.74 Å². The normalized spacial score (nSPS) is 22.6. The van der Waals surface area contributed by atoms with Gasteiger partial charge in [0.1, 0.15) is 6.33 Å². The highest BCUT2D eigenvalue weighted by Gasteiger charge is 2.32. The van der Waals surface area contributed by atoms with Crippen molar-refractivity contribution < 1.29 is 9.66 Å². The second-order valence-corrected chi connectivity index (χ2v) is 4.83. The number of rotatable bonds is 4. The number of aromatic nitrogens is 2. The van der Waals surface area contributed by atoms with Gasteiger partial charge in [0.2, 0.25) is 11.6 Å². The summed E-state index contributed by atoms with van der Waals surface area (Å²) in [5.41, 5.74) is -0.0738. The maximum absolute atomic E-state index is 11.4. The molecule has 0 radical (unpaired) electrons. The van der Waals surface area contributed by atoms with E-state index in [0.717, 1.165) is 0 Å². The maximum Gasteiger partial charge on any atom is 0.353 e. The van der Waals surface area contributed by atoms with Crippen LogP contribution in [0.5, 0.6) is 0 Å². The van der Waals surface area contributed by atoms with Crippen LogP contribution in [0.15, 0.2) is 6.33 Å². The Morgan fingerprint density at radius 1 is 1.55 bits per heavy atom. The largest absolute Gasteiger partial charge is 0.375 e. The van der Waals surface area contributed by atoms with Gasteiger partial charge in [-0.15, -0.1) is 0 Å². The van der Waals surface area contributed by atoms with Gasteiger partial charge in [-0.05, 0) is 20.8 Å². The first kappa shape index (κ1) is 14.4. The minimum absolute atomic E-state index is 0.0170. The molecule has 1 N–H and O–H groups in total. The minimum Gasteiger partial charge on any atom is -0.375 e. The average Bonchev–Trinajstić information content (AvgIpc) is 2.41. The van der Waals surface area contributed by atoms with Gasteiger partial charge >= 0.3 is 5.69 Å². The lowest BCUT2D eigenvalue weighted by molar-refractivity contribution is -0.383. The van der Waals surface area contributed by atoms with Crippen LogP contribution in [0.1, 0.15) is 20.8 Å². The molecule has 2 unspecified atom stereocenters. The third-order valence-corrected chi connectivity index (χ3v) is 3.21. The molecule has 0 amide bonds. The van der Waals surface area contributed by atoms with Gasteiger partial charge < -0.3 is 15.0 Å². The van der Waals surface area contributed by atoms with Crippen LogP contribution in [0, 0.1) is 10.1 Å². The molecule has 2 rings (SSSR count). The van der Waals surface area contributed by atoms with E-state index < -0.39 is 4.92 Å². The van der Waals surface area contributed by atoms with Crippen molar-refractivity contribution in [2.45, 2.75) is 32.9 Å². The van der Waals surface area contributed by atoms with E-state index in [1.165, 1.54) is 6.33 Å². The molecule has 2 atom stereocenters. The van der Waals surface area contributed by atoms with Gasteiger partial charge in [-0.3, -0.25) is 10.1 Å². The summed E-state index contributed by atoms with van der Waals surface area (Å²) >= 11 is 0. The first-order valence-corrected chi connectivity index (χ1v) is 6.66. The average molecular weight is 281 g/mol. The molecule has 8 heteroatoms. The highest BCUT2D eigenvalue weighted by molar-refractivity contribution is 5.70.